The number of ether oxygens (including phenoxy) is 2. The van der Waals surface area contributed by atoms with E-state index in [1.807, 2.05) is 0 Å². The molecule has 0 saturated carbocycles. The molecule has 0 spiro atoms. The third-order valence-electron chi connectivity index (χ3n) is 1.01. The molecule has 0 aromatic heterocycles. The fraction of sp³-hybridized carbons (Fsp3) is 0.429. The zero-order valence-electron chi connectivity index (χ0n) is 7.02. The first-order valence-corrected chi connectivity index (χ1v) is 3.55. The van der Waals surface area contributed by atoms with Crippen molar-refractivity contribution >= 4 is 12.3 Å². The van der Waals surface area contributed by atoms with Crippen molar-refractivity contribution in [3.8, 4) is 0 Å². The molecule has 74 valence electrons. The molecule has 0 heterocycles. The first-order valence-electron chi connectivity index (χ1n) is 3.55. The summed E-state index contributed by atoms with van der Waals surface area (Å²) >= 11 is 0. The predicted octanol–water partition coefficient (Wildman–Crippen LogP) is 2.02. The van der Waals surface area contributed by atoms with Crippen LogP contribution in [-0.4, -0.2) is 22.5 Å². The lowest BCUT2D eigenvalue weighted by atomic mass is 10.3. The number of allylic oxidation sites excluding steroid dienone is 1. The molecular formula is C7H10O6. The van der Waals surface area contributed by atoms with E-state index in [0.717, 1.165) is 6.26 Å². The zero-order valence-corrected chi connectivity index (χ0v) is 7.02. The molecular weight excluding hydrogens is 180 g/mol. The fourth-order valence-electron chi connectivity index (χ4n) is 0.609. The molecule has 0 aliphatic carbocycles. The topological polar surface area (TPSA) is 93.1 Å². The molecule has 0 rings (SSSR count). The number of carboxylic acid groups (broad SMARTS) is 2. The van der Waals surface area contributed by atoms with Crippen molar-refractivity contribution in [1.29, 1.82) is 0 Å². The molecule has 0 aromatic rings. The molecule has 0 saturated heterocycles. The molecule has 0 bridgehead atoms. The molecule has 6 heteroatoms. The Bertz CT molecular complexity index is 219. The lowest BCUT2D eigenvalue weighted by molar-refractivity contribution is 0.103. The second-order valence-electron chi connectivity index (χ2n) is 2.09. The monoisotopic (exact) mass is 190 g/mol. The van der Waals surface area contributed by atoms with E-state index >= 15 is 0 Å². The van der Waals surface area contributed by atoms with Gasteiger partial charge in [0.05, 0.1) is 0 Å². The summed E-state index contributed by atoms with van der Waals surface area (Å²) in [6.07, 6.45) is -1.31. The van der Waals surface area contributed by atoms with E-state index in [0.29, 0.717) is 12.8 Å². The summed E-state index contributed by atoms with van der Waals surface area (Å²) in [7, 11) is 0. The van der Waals surface area contributed by atoms with Crippen LogP contribution in [0.15, 0.2) is 12.0 Å². The smallest absolute Gasteiger partial charge is 0.449 e. The van der Waals surface area contributed by atoms with Crippen molar-refractivity contribution in [3.63, 3.8) is 0 Å². The molecule has 0 atom stereocenters. The van der Waals surface area contributed by atoms with Gasteiger partial charge in [0.25, 0.3) is 0 Å². The van der Waals surface area contributed by atoms with Gasteiger partial charge in [0.2, 0.25) is 0 Å². The lowest BCUT2D eigenvalue weighted by Crippen LogP contribution is -2.02. The van der Waals surface area contributed by atoms with E-state index in [2.05, 4.69) is 9.47 Å². The lowest BCUT2D eigenvalue weighted by Gasteiger charge is -2.02. The van der Waals surface area contributed by atoms with E-state index in [1.165, 1.54) is 0 Å². The fourth-order valence-corrected chi connectivity index (χ4v) is 0.609. The summed E-state index contributed by atoms with van der Waals surface area (Å²) in [5, 5.41) is 16.3. The van der Waals surface area contributed by atoms with Crippen LogP contribution in [0, 0.1) is 0 Å². The number of carbonyl (C=O) groups is 2. The summed E-state index contributed by atoms with van der Waals surface area (Å²) in [5.41, 5.74) is 0. The SMILES string of the molecule is CCC/C(=C\OC(=O)O)OC(=O)O. The quantitative estimate of drug-likeness (QED) is 0.520. The van der Waals surface area contributed by atoms with Gasteiger partial charge < -0.3 is 19.7 Å². The van der Waals surface area contributed by atoms with Crippen LogP contribution in [0.5, 0.6) is 0 Å². The molecule has 13 heavy (non-hydrogen) atoms. The van der Waals surface area contributed by atoms with Gasteiger partial charge in [-0.25, -0.2) is 9.59 Å². The highest BCUT2D eigenvalue weighted by molar-refractivity contribution is 5.59. The second kappa shape index (κ2) is 5.87. The Labute approximate surface area is 74.4 Å². The first-order chi connectivity index (χ1) is 6.06. The van der Waals surface area contributed by atoms with Gasteiger partial charge in [0, 0.05) is 6.42 Å². The molecule has 0 radical (unpaired) electrons. The Balaban J connectivity index is 4.13. The van der Waals surface area contributed by atoms with Gasteiger partial charge >= 0.3 is 12.3 Å². The third kappa shape index (κ3) is 6.67. The molecule has 0 aliphatic heterocycles. The van der Waals surface area contributed by atoms with Crippen LogP contribution < -0.4 is 0 Å². The maximum absolute atomic E-state index is 10.1. The van der Waals surface area contributed by atoms with Crippen molar-refractivity contribution in [2.24, 2.45) is 0 Å². The molecule has 0 amide bonds. The molecule has 0 aromatic carbocycles. The van der Waals surface area contributed by atoms with Crippen LogP contribution in [0.4, 0.5) is 9.59 Å². The number of rotatable bonds is 4. The Kier molecular flexibility index (Phi) is 5.09. The van der Waals surface area contributed by atoms with Crippen LogP contribution in [0.3, 0.4) is 0 Å². The van der Waals surface area contributed by atoms with E-state index in [-0.39, 0.29) is 5.76 Å². The number of hydrogen-bond acceptors (Lipinski definition) is 4. The third-order valence-corrected chi connectivity index (χ3v) is 1.01. The van der Waals surface area contributed by atoms with Crippen molar-refractivity contribution in [1.82, 2.24) is 0 Å². The highest BCUT2D eigenvalue weighted by Gasteiger charge is 2.05. The van der Waals surface area contributed by atoms with Crippen LogP contribution in [0.25, 0.3) is 0 Å². The molecule has 6 nitrogen and oxygen atoms in total. The summed E-state index contributed by atoms with van der Waals surface area (Å²) < 4.78 is 8.25. The van der Waals surface area contributed by atoms with Gasteiger partial charge in [-0.05, 0) is 6.42 Å². The average Bonchev–Trinajstić information content (AvgIpc) is 1.99. The predicted molar refractivity (Wildman–Crippen MR) is 41.2 cm³/mol. The van der Waals surface area contributed by atoms with E-state index in [4.69, 9.17) is 10.2 Å². The largest absolute Gasteiger partial charge is 0.511 e. The molecule has 0 unspecified atom stereocenters. The van der Waals surface area contributed by atoms with E-state index in [1.54, 1.807) is 6.92 Å². The van der Waals surface area contributed by atoms with Crippen molar-refractivity contribution in [2.45, 2.75) is 19.8 Å². The summed E-state index contributed by atoms with van der Waals surface area (Å²) in [6.45, 7) is 1.79. The van der Waals surface area contributed by atoms with Crippen LogP contribution in [-0.2, 0) is 9.47 Å². The van der Waals surface area contributed by atoms with Gasteiger partial charge in [-0.3, -0.25) is 0 Å². The van der Waals surface area contributed by atoms with Gasteiger partial charge in [0.1, 0.15) is 12.0 Å². The van der Waals surface area contributed by atoms with Gasteiger partial charge in [-0.15, -0.1) is 0 Å². The minimum atomic E-state index is -1.51. The average molecular weight is 190 g/mol. The number of hydrogen-bond donors (Lipinski definition) is 2. The van der Waals surface area contributed by atoms with E-state index in [9.17, 15) is 9.59 Å². The second-order valence-corrected chi connectivity index (χ2v) is 2.09. The highest BCUT2D eigenvalue weighted by Crippen LogP contribution is 2.07. The van der Waals surface area contributed by atoms with Gasteiger partial charge in [0.15, 0.2) is 0 Å². The highest BCUT2D eigenvalue weighted by atomic mass is 16.7. The molecule has 0 fully saturated rings. The van der Waals surface area contributed by atoms with Gasteiger partial charge in [-0.1, -0.05) is 6.92 Å². The Morgan fingerprint density at radius 3 is 2.31 bits per heavy atom. The summed E-state index contributed by atoms with van der Waals surface area (Å²) in [5.74, 6) is -0.0302. The van der Waals surface area contributed by atoms with Crippen molar-refractivity contribution in [3.05, 3.63) is 12.0 Å². The minimum absolute atomic E-state index is 0.0302. The Morgan fingerprint density at radius 2 is 1.92 bits per heavy atom. The zero-order chi connectivity index (χ0) is 10.3. The maximum atomic E-state index is 10.1. The van der Waals surface area contributed by atoms with Crippen molar-refractivity contribution < 1.29 is 29.3 Å². The normalized spacial score (nSPS) is 10.7. The standard InChI is InChI=1S/C7H10O6/c1-2-3-5(13-7(10)11)4-12-6(8)9/h4H,2-3H2,1H3,(H,8,9)(H,10,11)/b5-4+. The van der Waals surface area contributed by atoms with E-state index < -0.39 is 12.3 Å². The van der Waals surface area contributed by atoms with Gasteiger partial charge in [-0.2, -0.15) is 0 Å². The first kappa shape index (κ1) is 11.3. The van der Waals surface area contributed by atoms with Crippen molar-refractivity contribution in [2.75, 3.05) is 0 Å². The van der Waals surface area contributed by atoms with Crippen LogP contribution >= 0.6 is 0 Å². The Hall–Kier alpha value is -1.72. The molecule has 0 aliphatic rings. The van der Waals surface area contributed by atoms with Crippen LogP contribution in [0.1, 0.15) is 19.8 Å². The Morgan fingerprint density at radius 1 is 1.31 bits per heavy atom. The summed E-state index contributed by atoms with van der Waals surface area (Å²) in [6, 6.07) is 0. The summed E-state index contributed by atoms with van der Waals surface area (Å²) in [4.78, 5) is 20.0. The molecule has 2 N–H and O–H groups in total. The van der Waals surface area contributed by atoms with Crippen LogP contribution in [0.2, 0.25) is 0 Å². The maximum Gasteiger partial charge on any atom is 0.511 e. The minimum Gasteiger partial charge on any atom is -0.449 e.